The highest BCUT2D eigenvalue weighted by Crippen LogP contribution is 2.34. The molecular formula is C38H41N4+. The van der Waals surface area contributed by atoms with Crippen LogP contribution < -0.4 is 4.57 Å². The number of hydrogen-bond donors (Lipinski definition) is 1. The van der Waals surface area contributed by atoms with Crippen LogP contribution in [0.25, 0.3) is 39.6 Å². The van der Waals surface area contributed by atoms with Crippen LogP contribution in [0.4, 0.5) is 0 Å². The minimum atomic E-state index is 0.411. The standard InChI is InChI=1S/C25H24N2.C13H16N2/c1-18(2)23-17-22(20-10-6-4-7-11-20)16-19(3)24(23)27-15-14-26-25(27)21-12-8-5-9-13-21;1-10(2)11-6-4-5-7-12(11)13-14-8-9-15(13)3/h4-18H,1-3H3;4-10H,1-3H3/p+1. The number of imidazole rings is 2. The molecule has 0 aliphatic rings. The van der Waals surface area contributed by atoms with Gasteiger partial charge in [-0.2, -0.15) is 0 Å². The molecule has 0 saturated carbocycles. The smallest absolute Gasteiger partial charge is 0.286 e. The first-order chi connectivity index (χ1) is 20.3. The summed E-state index contributed by atoms with van der Waals surface area (Å²) in [7, 11) is 2.06. The maximum absolute atomic E-state index is 4.65. The monoisotopic (exact) mass is 553 g/mol. The molecule has 0 amide bonds. The van der Waals surface area contributed by atoms with Gasteiger partial charge in [0.1, 0.15) is 18.2 Å². The van der Waals surface area contributed by atoms with Gasteiger partial charge in [-0.05, 0) is 64.8 Å². The lowest BCUT2D eigenvalue weighted by molar-refractivity contribution is -0.658. The van der Waals surface area contributed by atoms with Crippen molar-refractivity contribution in [2.45, 2.75) is 46.5 Å². The van der Waals surface area contributed by atoms with E-state index in [9.17, 15) is 0 Å². The second-order valence-corrected chi connectivity index (χ2v) is 11.4. The van der Waals surface area contributed by atoms with Gasteiger partial charge in [0.25, 0.3) is 5.82 Å². The molecule has 2 heterocycles. The van der Waals surface area contributed by atoms with Crippen molar-refractivity contribution in [1.82, 2.24) is 14.5 Å². The Morgan fingerprint density at radius 2 is 1.33 bits per heavy atom. The third-order valence-electron chi connectivity index (χ3n) is 7.68. The molecule has 0 spiro atoms. The second-order valence-electron chi connectivity index (χ2n) is 11.4. The van der Waals surface area contributed by atoms with E-state index in [0.717, 1.165) is 11.4 Å². The van der Waals surface area contributed by atoms with Crippen molar-refractivity contribution in [3.05, 3.63) is 139 Å². The molecule has 0 bridgehead atoms. The van der Waals surface area contributed by atoms with Crippen molar-refractivity contribution >= 4 is 0 Å². The molecule has 4 heteroatoms. The van der Waals surface area contributed by atoms with Crippen molar-refractivity contribution in [2.75, 3.05) is 0 Å². The molecule has 42 heavy (non-hydrogen) atoms. The zero-order valence-corrected chi connectivity index (χ0v) is 25.5. The summed E-state index contributed by atoms with van der Waals surface area (Å²) >= 11 is 0. The minimum absolute atomic E-state index is 0.411. The Balaban J connectivity index is 0.000000199. The first-order valence-corrected chi connectivity index (χ1v) is 14.8. The maximum atomic E-state index is 4.65. The van der Waals surface area contributed by atoms with Gasteiger partial charge in [-0.3, -0.25) is 4.57 Å². The van der Waals surface area contributed by atoms with Crippen LogP contribution in [0.5, 0.6) is 0 Å². The number of hydrogen-bond acceptors (Lipinski definition) is 1. The zero-order valence-electron chi connectivity index (χ0n) is 25.5. The molecular weight excluding hydrogens is 512 g/mol. The van der Waals surface area contributed by atoms with Crippen LogP contribution in [-0.2, 0) is 7.05 Å². The summed E-state index contributed by atoms with van der Waals surface area (Å²) in [4.78, 5) is 7.93. The molecule has 0 radical (unpaired) electrons. The number of aromatic nitrogens is 4. The summed E-state index contributed by atoms with van der Waals surface area (Å²) in [5, 5.41) is 0. The van der Waals surface area contributed by atoms with E-state index in [1.807, 2.05) is 24.7 Å². The van der Waals surface area contributed by atoms with Gasteiger partial charge in [-0.1, -0.05) is 107 Å². The molecule has 4 aromatic carbocycles. The molecule has 1 N–H and O–H groups in total. The zero-order chi connectivity index (χ0) is 29.6. The predicted octanol–water partition coefficient (Wildman–Crippen LogP) is 9.27. The molecule has 0 atom stereocenters. The van der Waals surface area contributed by atoms with E-state index in [0.29, 0.717) is 11.8 Å². The predicted molar refractivity (Wildman–Crippen MR) is 175 cm³/mol. The fraction of sp³-hybridized carbons (Fsp3) is 0.211. The van der Waals surface area contributed by atoms with Gasteiger partial charge in [0, 0.05) is 18.0 Å². The minimum Gasteiger partial charge on any atom is -0.299 e. The number of nitrogens with one attached hydrogen (secondary N) is 1. The second kappa shape index (κ2) is 12.9. The first kappa shape index (κ1) is 28.8. The highest BCUT2D eigenvalue weighted by molar-refractivity contribution is 5.70. The number of rotatable bonds is 6. The molecule has 6 rings (SSSR count). The summed E-state index contributed by atoms with van der Waals surface area (Å²) in [6, 6.07) is 34.1. The van der Waals surface area contributed by atoms with Crippen LogP contribution in [-0.4, -0.2) is 14.5 Å². The van der Waals surface area contributed by atoms with Crippen molar-refractivity contribution in [3.63, 3.8) is 0 Å². The largest absolute Gasteiger partial charge is 0.299 e. The number of aromatic amines is 1. The van der Waals surface area contributed by atoms with Crippen LogP contribution in [0, 0.1) is 6.92 Å². The molecule has 2 aromatic heterocycles. The highest BCUT2D eigenvalue weighted by atomic mass is 15.1. The third kappa shape index (κ3) is 6.13. The van der Waals surface area contributed by atoms with Crippen LogP contribution in [0.1, 0.15) is 56.2 Å². The van der Waals surface area contributed by atoms with E-state index in [2.05, 4.69) is 158 Å². The average Bonchev–Trinajstić information content (AvgIpc) is 3.67. The van der Waals surface area contributed by atoms with Gasteiger partial charge >= 0.3 is 0 Å². The Kier molecular flexibility index (Phi) is 8.83. The molecule has 0 saturated heterocycles. The highest BCUT2D eigenvalue weighted by Gasteiger charge is 2.18. The molecule has 0 aliphatic heterocycles. The molecule has 0 fully saturated rings. The third-order valence-corrected chi connectivity index (χ3v) is 7.68. The maximum Gasteiger partial charge on any atom is 0.286 e. The SMILES string of the molecule is CC(C)c1ccccc1-c1[nH]cc[n+]1C.Cc1cc(-c2ccccc2)cc(C(C)C)c1-n1ccnc1-c1ccccc1. The number of H-pyrrole nitrogens is 1. The van der Waals surface area contributed by atoms with Gasteiger partial charge in [-0.25, -0.2) is 14.5 Å². The molecule has 6 aromatic rings. The fourth-order valence-electron chi connectivity index (χ4n) is 5.55. The Labute approximate surface area is 250 Å². The van der Waals surface area contributed by atoms with Crippen molar-refractivity contribution < 1.29 is 4.57 Å². The van der Waals surface area contributed by atoms with Crippen molar-refractivity contribution in [3.8, 4) is 39.6 Å². The Morgan fingerprint density at radius 3 is 1.95 bits per heavy atom. The van der Waals surface area contributed by atoms with Gasteiger partial charge in [0.15, 0.2) is 0 Å². The molecule has 212 valence electrons. The summed E-state index contributed by atoms with van der Waals surface area (Å²) in [5.41, 5.74) is 10.2. The normalized spacial score (nSPS) is 11.0. The Morgan fingerprint density at radius 1 is 0.714 bits per heavy atom. The van der Waals surface area contributed by atoms with Gasteiger partial charge < -0.3 is 0 Å². The van der Waals surface area contributed by atoms with E-state index in [1.165, 1.54) is 44.9 Å². The van der Waals surface area contributed by atoms with E-state index in [4.69, 9.17) is 0 Å². The van der Waals surface area contributed by atoms with Crippen LogP contribution in [0.15, 0.2) is 122 Å². The molecule has 0 aliphatic carbocycles. The Hall–Kier alpha value is -4.70. The van der Waals surface area contributed by atoms with Gasteiger partial charge in [0.05, 0.1) is 18.3 Å². The van der Waals surface area contributed by atoms with E-state index < -0.39 is 0 Å². The summed E-state index contributed by atoms with van der Waals surface area (Å²) < 4.78 is 4.34. The van der Waals surface area contributed by atoms with Crippen LogP contribution >= 0.6 is 0 Å². The van der Waals surface area contributed by atoms with Crippen LogP contribution in [0.3, 0.4) is 0 Å². The lowest BCUT2D eigenvalue weighted by Gasteiger charge is -2.20. The first-order valence-electron chi connectivity index (χ1n) is 14.8. The summed E-state index contributed by atoms with van der Waals surface area (Å²) in [6.07, 6.45) is 7.95. The molecule has 4 nitrogen and oxygen atoms in total. The topological polar surface area (TPSA) is 37.5 Å². The quantitative estimate of drug-likeness (QED) is 0.205. The average molecular weight is 554 g/mol. The Bertz CT molecular complexity index is 1740. The van der Waals surface area contributed by atoms with Gasteiger partial charge in [0.2, 0.25) is 0 Å². The van der Waals surface area contributed by atoms with E-state index in [-0.39, 0.29) is 0 Å². The van der Waals surface area contributed by atoms with Gasteiger partial charge in [-0.15, -0.1) is 0 Å². The lowest BCUT2D eigenvalue weighted by atomic mass is 9.92. The van der Waals surface area contributed by atoms with Crippen LogP contribution in [0.2, 0.25) is 0 Å². The fourth-order valence-corrected chi connectivity index (χ4v) is 5.55. The molecule has 0 unspecified atom stereocenters. The lowest BCUT2D eigenvalue weighted by Crippen LogP contribution is -2.27. The summed E-state index contributed by atoms with van der Waals surface area (Å²) in [5.74, 6) is 3.10. The summed E-state index contributed by atoms with van der Waals surface area (Å²) in [6.45, 7) is 11.2. The van der Waals surface area contributed by atoms with E-state index in [1.54, 1.807) is 0 Å². The number of aryl methyl sites for hydroxylation is 2. The number of nitrogens with zero attached hydrogens (tertiary/aromatic N) is 3. The van der Waals surface area contributed by atoms with Crippen molar-refractivity contribution in [2.24, 2.45) is 7.05 Å². The van der Waals surface area contributed by atoms with Crippen molar-refractivity contribution in [1.29, 1.82) is 0 Å². The van der Waals surface area contributed by atoms with E-state index >= 15 is 0 Å². The number of benzene rings is 4.